The van der Waals surface area contributed by atoms with Gasteiger partial charge < -0.3 is 19.9 Å². The summed E-state index contributed by atoms with van der Waals surface area (Å²) < 4.78 is 10.9. The summed E-state index contributed by atoms with van der Waals surface area (Å²) >= 11 is 1.47. The van der Waals surface area contributed by atoms with Crippen molar-refractivity contribution in [2.45, 2.75) is 52.2 Å². The number of aliphatic hydroxyl groups excluding tert-OH is 1. The molecule has 1 unspecified atom stereocenters. The van der Waals surface area contributed by atoms with Gasteiger partial charge in [0, 0.05) is 23.0 Å². The van der Waals surface area contributed by atoms with Gasteiger partial charge in [-0.1, -0.05) is 13.8 Å². The van der Waals surface area contributed by atoms with Crippen molar-refractivity contribution in [3.05, 3.63) is 15.3 Å². The lowest BCUT2D eigenvalue weighted by Gasteiger charge is -2.16. The van der Waals surface area contributed by atoms with E-state index < -0.39 is 6.10 Å². The van der Waals surface area contributed by atoms with E-state index in [0.29, 0.717) is 29.8 Å². The summed E-state index contributed by atoms with van der Waals surface area (Å²) in [5.74, 6) is 0.297. The molecule has 2 rings (SSSR count). The molecule has 124 valence electrons. The smallest absolute Gasteiger partial charge is 0.352 e. The maximum absolute atomic E-state index is 12.1. The molecule has 5 nitrogen and oxygen atoms in total. The van der Waals surface area contributed by atoms with Crippen LogP contribution in [-0.2, 0) is 17.6 Å². The van der Waals surface area contributed by atoms with Gasteiger partial charge in [0.2, 0.25) is 0 Å². The van der Waals surface area contributed by atoms with Gasteiger partial charge in [-0.3, -0.25) is 0 Å². The molecule has 2 N–H and O–H groups in total. The highest BCUT2D eigenvalue weighted by molar-refractivity contribution is 7.14. The van der Waals surface area contributed by atoms with Gasteiger partial charge in [-0.15, -0.1) is 11.3 Å². The van der Waals surface area contributed by atoms with Gasteiger partial charge in [0.25, 0.3) is 0 Å². The van der Waals surface area contributed by atoms with E-state index in [4.69, 9.17) is 9.47 Å². The number of aliphatic hydroxyl groups is 1. The average Bonchev–Trinajstić information content (AvgIpc) is 3.04. The van der Waals surface area contributed by atoms with Crippen LogP contribution in [0.3, 0.4) is 0 Å². The van der Waals surface area contributed by atoms with Crippen molar-refractivity contribution in [2.75, 3.05) is 19.8 Å². The first kappa shape index (κ1) is 17.2. The van der Waals surface area contributed by atoms with E-state index >= 15 is 0 Å². The highest BCUT2D eigenvalue weighted by atomic mass is 32.1. The van der Waals surface area contributed by atoms with Crippen molar-refractivity contribution in [1.29, 1.82) is 0 Å². The monoisotopic (exact) mass is 327 g/mol. The van der Waals surface area contributed by atoms with Crippen LogP contribution in [0.4, 0.5) is 0 Å². The zero-order valence-electron chi connectivity index (χ0n) is 13.5. The van der Waals surface area contributed by atoms with Crippen LogP contribution in [0.5, 0.6) is 5.75 Å². The first-order valence-electron chi connectivity index (χ1n) is 7.88. The van der Waals surface area contributed by atoms with E-state index in [-0.39, 0.29) is 12.6 Å². The number of aryl methyl sites for hydroxylation is 1. The normalized spacial score (nSPS) is 15.0. The Bertz CT molecular complexity index is 512. The van der Waals surface area contributed by atoms with Gasteiger partial charge in [0.1, 0.15) is 18.5 Å². The summed E-state index contributed by atoms with van der Waals surface area (Å²) in [5.41, 5.74) is 1.12. The lowest BCUT2D eigenvalue weighted by molar-refractivity contribution is 0.0522. The SMILES string of the molecule is CCOC(=O)c1sc2c(c1OCC(O)CNC(C)C)CCC2. The maximum Gasteiger partial charge on any atom is 0.352 e. The molecule has 0 fully saturated rings. The van der Waals surface area contributed by atoms with Crippen LogP contribution in [0.15, 0.2) is 0 Å². The van der Waals surface area contributed by atoms with Crippen LogP contribution in [0.25, 0.3) is 0 Å². The number of thiophene rings is 1. The highest BCUT2D eigenvalue weighted by Gasteiger charge is 2.28. The van der Waals surface area contributed by atoms with Gasteiger partial charge in [-0.25, -0.2) is 4.79 Å². The number of fused-ring (bicyclic) bond motifs is 1. The minimum Gasteiger partial charge on any atom is -0.489 e. The molecule has 1 aromatic heterocycles. The first-order chi connectivity index (χ1) is 10.5. The fraction of sp³-hybridized carbons (Fsp3) is 0.688. The third-order valence-corrected chi connectivity index (χ3v) is 4.77. The van der Waals surface area contributed by atoms with Crippen LogP contribution in [0.1, 0.15) is 47.3 Å². The number of nitrogens with one attached hydrogen (secondary N) is 1. The molecule has 6 heteroatoms. The molecule has 0 aromatic carbocycles. The Balaban J connectivity index is 2.04. The fourth-order valence-electron chi connectivity index (χ4n) is 2.47. The topological polar surface area (TPSA) is 67.8 Å². The van der Waals surface area contributed by atoms with Crippen molar-refractivity contribution < 1.29 is 19.4 Å². The maximum atomic E-state index is 12.1. The van der Waals surface area contributed by atoms with Crippen LogP contribution in [0.2, 0.25) is 0 Å². The number of rotatable bonds is 8. The van der Waals surface area contributed by atoms with Gasteiger partial charge in [0.05, 0.1) is 6.61 Å². The molecule has 1 aromatic rings. The Morgan fingerprint density at radius 2 is 2.18 bits per heavy atom. The van der Waals surface area contributed by atoms with Crippen molar-refractivity contribution in [1.82, 2.24) is 5.32 Å². The summed E-state index contributed by atoms with van der Waals surface area (Å²) in [7, 11) is 0. The zero-order chi connectivity index (χ0) is 16.1. The Morgan fingerprint density at radius 3 is 2.86 bits per heavy atom. The molecule has 1 atom stereocenters. The molecular weight excluding hydrogens is 302 g/mol. The van der Waals surface area contributed by atoms with Gasteiger partial charge in [-0.05, 0) is 26.2 Å². The Morgan fingerprint density at radius 1 is 1.41 bits per heavy atom. The number of carbonyl (C=O) groups is 1. The minimum atomic E-state index is -0.602. The molecular formula is C16H25NO4S. The van der Waals surface area contributed by atoms with E-state index in [0.717, 1.165) is 24.8 Å². The van der Waals surface area contributed by atoms with E-state index in [1.54, 1.807) is 6.92 Å². The standard InChI is InChI=1S/C16H25NO4S/c1-4-20-16(19)15-14(12-6-5-7-13(12)22-15)21-9-11(18)8-17-10(2)3/h10-11,17-18H,4-9H2,1-3H3. The second-order valence-electron chi connectivity index (χ2n) is 5.76. The van der Waals surface area contributed by atoms with Crippen LogP contribution in [0, 0.1) is 0 Å². The quantitative estimate of drug-likeness (QED) is 0.716. The number of hydrogen-bond acceptors (Lipinski definition) is 6. The number of hydrogen-bond donors (Lipinski definition) is 2. The molecule has 0 saturated carbocycles. The fourth-order valence-corrected chi connectivity index (χ4v) is 3.70. The summed E-state index contributed by atoms with van der Waals surface area (Å²) in [4.78, 5) is 13.8. The van der Waals surface area contributed by atoms with Crippen molar-refractivity contribution >= 4 is 17.3 Å². The Kier molecular flexibility index (Phi) is 6.23. The second kappa shape index (κ2) is 7.94. The lowest BCUT2D eigenvalue weighted by Crippen LogP contribution is -2.35. The third kappa shape index (κ3) is 4.21. The van der Waals surface area contributed by atoms with Crippen LogP contribution >= 0.6 is 11.3 Å². The number of carbonyl (C=O) groups excluding carboxylic acids is 1. The molecule has 1 aliphatic rings. The van der Waals surface area contributed by atoms with Crippen molar-refractivity contribution in [3.63, 3.8) is 0 Å². The van der Waals surface area contributed by atoms with Crippen molar-refractivity contribution in [2.24, 2.45) is 0 Å². The zero-order valence-corrected chi connectivity index (χ0v) is 14.3. The van der Waals surface area contributed by atoms with Gasteiger partial charge in [-0.2, -0.15) is 0 Å². The molecule has 1 heterocycles. The van der Waals surface area contributed by atoms with E-state index in [1.165, 1.54) is 16.2 Å². The molecule has 0 aliphatic heterocycles. The molecule has 0 amide bonds. The molecule has 1 aliphatic carbocycles. The number of esters is 1. The first-order valence-corrected chi connectivity index (χ1v) is 8.70. The van der Waals surface area contributed by atoms with E-state index in [9.17, 15) is 9.90 Å². The Hall–Kier alpha value is -1.11. The van der Waals surface area contributed by atoms with Gasteiger partial charge in [0.15, 0.2) is 4.88 Å². The summed E-state index contributed by atoms with van der Waals surface area (Å²) in [6.45, 7) is 6.84. The lowest BCUT2D eigenvalue weighted by atomic mass is 10.2. The van der Waals surface area contributed by atoms with E-state index in [2.05, 4.69) is 5.32 Å². The molecule has 22 heavy (non-hydrogen) atoms. The molecule has 0 saturated heterocycles. The van der Waals surface area contributed by atoms with Crippen LogP contribution < -0.4 is 10.1 Å². The average molecular weight is 327 g/mol. The van der Waals surface area contributed by atoms with Gasteiger partial charge >= 0.3 is 5.97 Å². The summed E-state index contributed by atoms with van der Waals surface area (Å²) in [5, 5.41) is 13.1. The predicted molar refractivity (Wildman–Crippen MR) is 86.9 cm³/mol. The molecule has 0 radical (unpaired) electrons. The van der Waals surface area contributed by atoms with Crippen molar-refractivity contribution in [3.8, 4) is 5.75 Å². The highest BCUT2D eigenvalue weighted by Crippen LogP contribution is 2.41. The summed E-state index contributed by atoms with van der Waals surface area (Å²) in [6, 6.07) is 0.315. The Labute approximate surface area is 135 Å². The predicted octanol–water partition coefficient (Wildman–Crippen LogP) is 2.15. The van der Waals surface area contributed by atoms with Crippen LogP contribution in [-0.4, -0.2) is 43.0 Å². The molecule has 0 bridgehead atoms. The summed E-state index contributed by atoms with van der Waals surface area (Å²) in [6.07, 6.45) is 2.42. The largest absolute Gasteiger partial charge is 0.489 e. The minimum absolute atomic E-state index is 0.176. The number of ether oxygens (including phenoxy) is 2. The van der Waals surface area contributed by atoms with E-state index in [1.807, 2.05) is 13.8 Å². The second-order valence-corrected chi connectivity index (χ2v) is 6.87. The molecule has 0 spiro atoms. The third-order valence-electron chi connectivity index (χ3n) is 3.52.